The van der Waals surface area contributed by atoms with Crippen molar-refractivity contribution in [1.82, 2.24) is 9.13 Å². The number of benzene rings is 6. The van der Waals surface area contributed by atoms with Crippen LogP contribution in [0, 0.1) is 12.3 Å². The molecule has 8 rings (SSSR count). The molecule has 0 saturated carbocycles. The second-order valence-electron chi connectivity index (χ2n) is 11.3. The average molecular weight is 575 g/mol. The Morgan fingerprint density at radius 2 is 1.11 bits per heavy atom. The van der Waals surface area contributed by atoms with Gasteiger partial charge in [0.25, 0.3) is 0 Å². The largest absolute Gasteiger partial charge is 0.309 e. The minimum absolute atomic E-state index is 0.967. The predicted molar refractivity (Wildman–Crippen MR) is 193 cm³/mol. The first-order valence-electron chi connectivity index (χ1n) is 15.3. The standard InChI is InChI=1S/C43H30N2/c1-3-13-34(14-4-2)44-41-25-22-31(30-15-7-5-8-16-30)27-38(41)39-28-32(23-26-42(39)44)33-21-24-37-36-19-11-12-20-40(36)45(43(37)29-33)35-17-9-6-10-18-35/h1,4-29H,2H3/b14-4-,34-13+. The monoisotopic (exact) mass is 574 g/mol. The maximum atomic E-state index is 5.81. The highest BCUT2D eigenvalue weighted by atomic mass is 15.0. The minimum Gasteiger partial charge on any atom is -0.309 e. The van der Waals surface area contributed by atoms with Crippen molar-refractivity contribution in [2.45, 2.75) is 6.92 Å². The predicted octanol–water partition coefficient (Wildman–Crippen LogP) is 11.3. The highest BCUT2D eigenvalue weighted by Gasteiger charge is 2.17. The maximum Gasteiger partial charge on any atom is 0.0547 e. The Kier molecular flexibility index (Phi) is 6.44. The first kappa shape index (κ1) is 26.6. The molecule has 2 heteroatoms. The van der Waals surface area contributed by atoms with Gasteiger partial charge in [0, 0.05) is 33.3 Å². The molecule has 0 radical (unpaired) electrons. The molecule has 0 fully saturated rings. The molecule has 0 amide bonds. The fourth-order valence-corrected chi connectivity index (χ4v) is 6.74. The zero-order valence-electron chi connectivity index (χ0n) is 25.0. The van der Waals surface area contributed by atoms with E-state index >= 15 is 0 Å². The minimum atomic E-state index is 0.967. The van der Waals surface area contributed by atoms with E-state index in [2.05, 4.69) is 161 Å². The van der Waals surface area contributed by atoms with Gasteiger partial charge in [-0.3, -0.25) is 0 Å². The summed E-state index contributed by atoms with van der Waals surface area (Å²) in [4.78, 5) is 0. The Morgan fingerprint density at radius 1 is 0.533 bits per heavy atom. The molecule has 2 aromatic heterocycles. The third-order valence-electron chi connectivity index (χ3n) is 8.72. The molecule has 0 saturated heterocycles. The van der Waals surface area contributed by atoms with Crippen LogP contribution in [0.25, 0.3) is 77.2 Å². The molecule has 2 heterocycles. The number of hydrogen-bond donors (Lipinski definition) is 0. The summed E-state index contributed by atoms with van der Waals surface area (Å²) in [6.07, 6.45) is 11.8. The number of aromatic nitrogens is 2. The molecule has 0 bridgehead atoms. The number of allylic oxidation sites excluding steroid dienone is 4. The molecule has 0 N–H and O–H groups in total. The summed E-state index contributed by atoms with van der Waals surface area (Å²) in [6, 6.07) is 50.2. The second-order valence-corrected chi connectivity index (χ2v) is 11.3. The lowest BCUT2D eigenvalue weighted by molar-refractivity contribution is 1.18. The molecule has 212 valence electrons. The molecular formula is C43H30N2. The molecule has 0 unspecified atom stereocenters. The Bertz CT molecular complexity index is 2480. The number of para-hydroxylation sites is 2. The summed E-state index contributed by atoms with van der Waals surface area (Å²) in [5, 5.41) is 4.89. The quantitative estimate of drug-likeness (QED) is 0.143. The van der Waals surface area contributed by atoms with Gasteiger partial charge < -0.3 is 9.13 Å². The van der Waals surface area contributed by atoms with Gasteiger partial charge in [-0.25, -0.2) is 0 Å². The van der Waals surface area contributed by atoms with Gasteiger partial charge >= 0.3 is 0 Å². The number of nitrogens with zero attached hydrogens (tertiary/aromatic N) is 2. The van der Waals surface area contributed by atoms with Crippen molar-refractivity contribution in [2.75, 3.05) is 0 Å². The normalized spacial score (nSPS) is 12.1. The van der Waals surface area contributed by atoms with Gasteiger partial charge in [-0.2, -0.15) is 0 Å². The number of fused-ring (bicyclic) bond motifs is 6. The third-order valence-corrected chi connectivity index (χ3v) is 8.72. The van der Waals surface area contributed by atoms with Crippen molar-refractivity contribution in [3.63, 3.8) is 0 Å². The van der Waals surface area contributed by atoms with Crippen LogP contribution in [0.4, 0.5) is 0 Å². The van der Waals surface area contributed by atoms with E-state index in [9.17, 15) is 0 Å². The van der Waals surface area contributed by atoms with Crippen LogP contribution in [0.3, 0.4) is 0 Å². The average Bonchev–Trinajstić information content (AvgIpc) is 3.60. The van der Waals surface area contributed by atoms with Crippen LogP contribution >= 0.6 is 0 Å². The van der Waals surface area contributed by atoms with E-state index in [1.54, 1.807) is 0 Å². The molecule has 6 aromatic carbocycles. The van der Waals surface area contributed by atoms with E-state index in [1.807, 2.05) is 19.1 Å². The van der Waals surface area contributed by atoms with Crippen LogP contribution in [0.2, 0.25) is 0 Å². The molecule has 0 aliphatic heterocycles. The Labute approximate surface area is 262 Å². The van der Waals surface area contributed by atoms with Crippen molar-refractivity contribution in [3.8, 4) is 40.3 Å². The van der Waals surface area contributed by atoms with Gasteiger partial charge in [-0.1, -0.05) is 103 Å². The van der Waals surface area contributed by atoms with Gasteiger partial charge in [0.1, 0.15) is 0 Å². The van der Waals surface area contributed by atoms with Gasteiger partial charge in [0.2, 0.25) is 0 Å². The maximum absolute atomic E-state index is 5.81. The van der Waals surface area contributed by atoms with E-state index in [1.165, 1.54) is 54.8 Å². The van der Waals surface area contributed by atoms with Crippen LogP contribution in [0.5, 0.6) is 0 Å². The van der Waals surface area contributed by atoms with Crippen molar-refractivity contribution in [2.24, 2.45) is 0 Å². The van der Waals surface area contributed by atoms with E-state index < -0.39 is 0 Å². The first-order valence-corrected chi connectivity index (χ1v) is 15.3. The summed E-state index contributed by atoms with van der Waals surface area (Å²) < 4.78 is 4.65. The van der Waals surface area contributed by atoms with E-state index in [0.29, 0.717) is 0 Å². The summed E-state index contributed by atoms with van der Waals surface area (Å²) in [5.41, 5.74) is 11.5. The zero-order chi connectivity index (χ0) is 30.3. The summed E-state index contributed by atoms with van der Waals surface area (Å²) in [5.74, 6) is 2.76. The molecule has 0 aliphatic carbocycles. The lowest BCUT2D eigenvalue weighted by Gasteiger charge is -2.10. The third kappa shape index (κ3) is 4.37. The molecule has 0 atom stereocenters. The van der Waals surface area contributed by atoms with Crippen LogP contribution < -0.4 is 0 Å². The van der Waals surface area contributed by atoms with Gasteiger partial charge in [-0.05, 0) is 83.8 Å². The highest BCUT2D eigenvalue weighted by Crippen LogP contribution is 2.39. The van der Waals surface area contributed by atoms with Crippen LogP contribution in [0.1, 0.15) is 6.92 Å². The summed E-state index contributed by atoms with van der Waals surface area (Å²) >= 11 is 0. The molecule has 8 aromatic rings. The second kappa shape index (κ2) is 10.9. The zero-order valence-corrected chi connectivity index (χ0v) is 25.0. The van der Waals surface area contributed by atoms with Gasteiger partial charge in [0.15, 0.2) is 0 Å². The summed E-state index contributed by atoms with van der Waals surface area (Å²) in [7, 11) is 0. The van der Waals surface area contributed by atoms with E-state index in [4.69, 9.17) is 6.42 Å². The molecular weight excluding hydrogens is 544 g/mol. The Hall–Kier alpha value is -6.04. The van der Waals surface area contributed by atoms with Gasteiger partial charge in [0.05, 0.1) is 27.8 Å². The summed E-state index contributed by atoms with van der Waals surface area (Å²) in [6.45, 7) is 2.02. The van der Waals surface area contributed by atoms with Crippen LogP contribution in [-0.4, -0.2) is 9.13 Å². The first-order chi connectivity index (χ1) is 22.2. The van der Waals surface area contributed by atoms with E-state index in [-0.39, 0.29) is 0 Å². The Morgan fingerprint density at radius 3 is 1.80 bits per heavy atom. The smallest absolute Gasteiger partial charge is 0.0547 e. The SMILES string of the molecule is C#C/C=C(\C=C/C)n1c2ccc(-c3ccccc3)cc2c2cc(-c3ccc4c5ccccc5n(-c5ccccc5)c4c3)ccc21. The molecule has 45 heavy (non-hydrogen) atoms. The van der Waals surface area contributed by atoms with Crippen molar-refractivity contribution in [1.29, 1.82) is 0 Å². The lowest BCUT2D eigenvalue weighted by Crippen LogP contribution is -1.94. The van der Waals surface area contributed by atoms with Crippen LogP contribution in [0.15, 0.2) is 158 Å². The fourth-order valence-electron chi connectivity index (χ4n) is 6.74. The van der Waals surface area contributed by atoms with Gasteiger partial charge in [-0.15, -0.1) is 6.42 Å². The molecule has 0 spiro atoms. The Balaban J connectivity index is 1.39. The van der Waals surface area contributed by atoms with Crippen molar-refractivity contribution in [3.05, 3.63) is 158 Å². The van der Waals surface area contributed by atoms with Crippen LogP contribution in [-0.2, 0) is 0 Å². The molecule has 0 aliphatic rings. The topological polar surface area (TPSA) is 9.86 Å². The van der Waals surface area contributed by atoms with Crippen molar-refractivity contribution >= 4 is 49.3 Å². The number of terminal acetylenes is 1. The van der Waals surface area contributed by atoms with E-state index in [0.717, 1.165) is 22.4 Å². The lowest BCUT2D eigenvalue weighted by atomic mass is 9.99. The number of rotatable bonds is 5. The highest BCUT2D eigenvalue weighted by molar-refractivity contribution is 6.14. The van der Waals surface area contributed by atoms with Crippen molar-refractivity contribution < 1.29 is 0 Å². The number of hydrogen-bond acceptors (Lipinski definition) is 0. The fraction of sp³-hybridized carbons (Fsp3) is 0.0233. The molecule has 2 nitrogen and oxygen atoms in total.